The number of aliphatic imine (C=N–C) groups is 1. The number of thioether (sulfide) groups is 1. The van der Waals surface area contributed by atoms with Crippen LogP contribution in [0.2, 0.25) is 0 Å². The van der Waals surface area contributed by atoms with E-state index in [0.29, 0.717) is 15.8 Å². The lowest BCUT2D eigenvalue weighted by Gasteiger charge is -2.09. The van der Waals surface area contributed by atoms with E-state index in [2.05, 4.69) is 36.9 Å². The minimum absolute atomic E-state index is 0.190. The smallest absolute Gasteiger partial charge is 0.264 e. The number of aryl methyl sites for hydroxylation is 1. The summed E-state index contributed by atoms with van der Waals surface area (Å²) in [6, 6.07) is 16.0. The summed E-state index contributed by atoms with van der Waals surface area (Å²) in [4.78, 5) is 17.3. The molecule has 0 bridgehead atoms. The van der Waals surface area contributed by atoms with Crippen molar-refractivity contribution >= 4 is 50.5 Å². The fourth-order valence-corrected chi connectivity index (χ4v) is 4.27. The SMILES string of the molecule is Cc1cc(/C=C2\SC(=Nc3ccc(F)cc3)NC2=O)c(C)n1-c1ccc(Br)cc1. The molecule has 7 heteroatoms. The van der Waals surface area contributed by atoms with E-state index < -0.39 is 0 Å². The van der Waals surface area contributed by atoms with Gasteiger partial charge in [-0.1, -0.05) is 15.9 Å². The number of rotatable bonds is 3. The molecule has 0 atom stereocenters. The fourth-order valence-electron chi connectivity index (χ4n) is 3.18. The van der Waals surface area contributed by atoms with Crippen LogP contribution in [0.4, 0.5) is 10.1 Å². The zero-order chi connectivity index (χ0) is 20.5. The van der Waals surface area contributed by atoms with Gasteiger partial charge in [-0.05, 0) is 91.8 Å². The van der Waals surface area contributed by atoms with Gasteiger partial charge in [0.1, 0.15) is 5.82 Å². The molecular formula is C22H17BrFN3OS. The molecule has 3 aromatic rings. The van der Waals surface area contributed by atoms with Gasteiger partial charge in [0, 0.05) is 21.5 Å². The predicted octanol–water partition coefficient (Wildman–Crippen LogP) is 5.89. The van der Waals surface area contributed by atoms with E-state index in [1.54, 1.807) is 12.1 Å². The van der Waals surface area contributed by atoms with Crippen LogP contribution < -0.4 is 5.32 Å². The molecule has 29 heavy (non-hydrogen) atoms. The van der Waals surface area contributed by atoms with Gasteiger partial charge in [0.15, 0.2) is 5.17 Å². The molecule has 1 saturated heterocycles. The summed E-state index contributed by atoms with van der Waals surface area (Å²) in [5.74, 6) is -0.511. The molecule has 0 unspecified atom stereocenters. The van der Waals surface area contributed by atoms with Crippen LogP contribution in [0.3, 0.4) is 0 Å². The molecule has 4 rings (SSSR count). The van der Waals surface area contributed by atoms with E-state index in [-0.39, 0.29) is 11.7 Å². The van der Waals surface area contributed by atoms with E-state index in [4.69, 9.17) is 0 Å². The molecule has 146 valence electrons. The Bertz CT molecular complexity index is 1150. The maximum atomic E-state index is 13.0. The lowest BCUT2D eigenvalue weighted by Crippen LogP contribution is -2.19. The monoisotopic (exact) mass is 469 g/mol. The molecule has 1 aromatic heterocycles. The minimum Gasteiger partial charge on any atom is -0.318 e. The molecule has 1 fully saturated rings. The predicted molar refractivity (Wildman–Crippen MR) is 120 cm³/mol. The first-order chi connectivity index (χ1) is 13.9. The van der Waals surface area contributed by atoms with Crippen molar-refractivity contribution < 1.29 is 9.18 Å². The molecule has 2 aromatic carbocycles. The molecule has 0 spiro atoms. The summed E-state index contributed by atoms with van der Waals surface area (Å²) in [6.07, 6.45) is 1.88. The number of nitrogens with one attached hydrogen (secondary N) is 1. The molecule has 4 nitrogen and oxygen atoms in total. The fraction of sp³-hybridized carbons (Fsp3) is 0.0909. The molecule has 0 radical (unpaired) electrons. The third kappa shape index (κ3) is 4.21. The maximum absolute atomic E-state index is 13.0. The second-order valence-corrected chi connectivity index (χ2v) is 8.54. The molecule has 2 heterocycles. The Morgan fingerprint density at radius 2 is 1.79 bits per heavy atom. The number of amides is 1. The molecule has 1 aliphatic rings. The third-order valence-electron chi connectivity index (χ3n) is 4.55. The largest absolute Gasteiger partial charge is 0.318 e. The van der Waals surface area contributed by atoms with Gasteiger partial charge in [0.2, 0.25) is 0 Å². The summed E-state index contributed by atoms with van der Waals surface area (Å²) in [5, 5.41) is 3.25. The van der Waals surface area contributed by atoms with Crippen molar-refractivity contribution in [3.63, 3.8) is 0 Å². The van der Waals surface area contributed by atoms with Gasteiger partial charge in [-0.2, -0.15) is 0 Å². The Kier molecular flexibility index (Phi) is 5.43. The summed E-state index contributed by atoms with van der Waals surface area (Å²) in [6.45, 7) is 4.08. The molecular weight excluding hydrogens is 453 g/mol. The summed E-state index contributed by atoms with van der Waals surface area (Å²) < 4.78 is 16.2. The Hall–Kier alpha value is -2.64. The van der Waals surface area contributed by atoms with Gasteiger partial charge in [-0.3, -0.25) is 4.79 Å². The van der Waals surface area contributed by atoms with E-state index in [1.165, 1.54) is 23.9 Å². The van der Waals surface area contributed by atoms with Gasteiger partial charge < -0.3 is 9.88 Å². The van der Waals surface area contributed by atoms with Crippen LogP contribution in [0.5, 0.6) is 0 Å². The minimum atomic E-state index is -0.321. The molecule has 1 amide bonds. The number of nitrogens with zero attached hydrogens (tertiary/aromatic N) is 2. The second-order valence-electron chi connectivity index (χ2n) is 6.60. The van der Waals surface area contributed by atoms with Crippen molar-refractivity contribution in [2.24, 2.45) is 4.99 Å². The number of hydrogen-bond acceptors (Lipinski definition) is 3. The normalized spacial score (nSPS) is 16.6. The van der Waals surface area contributed by atoms with Crippen LogP contribution in [0.15, 0.2) is 69.0 Å². The highest BCUT2D eigenvalue weighted by atomic mass is 79.9. The Labute approximate surface area is 180 Å². The van der Waals surface area contributed by atoms with Gasteiger partial charge in [0.05, 0.1) is 10.6 Å². The second kappa shape index (κ2) is 8.00. The molecule has 1 N–H and O–H groups in total. The quantitative estimate of drug-likeness (QED) is 0.486. The van der Waals surface area contributed by atoms with Crippen molar-refractivity contribution in [3.8, 4) is 5.69 Å². The first-order valence-electron chi connectivity index (χ1n) is 8.91. The van der Waals surface area contributed by atoms with Gasteiger partial charge in [-0.15, -0.1) is 0 Å². The van der Waals surface area contributed by atoms with Crippen LogP contribution in [0, 0.1) is 19.7 Å². The van der Waals surface area contributed by atoms with Gasteiger partial charge in [-0.25, -0.2) is 9.38 Å². The molecule has 0 saturated carbocycles. The number of aromatic nitrogens is 1. The van der Waals surface area contributed by atoms with E-state index in [9.17, 15) is 9.18 Å². The van der Waals surface area contributed by atoms with Crippen LogP contribution in [0.25, 0.3) is 11.8 Å². The molecule has 0 aliphatic carbocycles. The highest BCUT2D eigenvalue weighted by Gasteiger charge is 2.24. The van der Waals surface area contributed by atoms with Crippen LogP contribution in [0.1, 0.15) is 17.0 Å². The van der Waals surface area contributed by atoms with Crippen LogP contribution >= 0.6 is 27.7 Å². The number of carbonyl (C=O) groups excluding carboxylic acids is 1. The third-order valence-corrected chi connectivity index (χ3v) is 5.99. The number of carbonyl (C=O) groups is 1. The number of halogens is 2. The summed E-state index contributed by atoms with van der Waals surface area (Å²) in [7, 11) is 0. The summed E-state index contributed by atoms with van der Waals surface area (Å²) >= 11 is 4.74. The standard InChI is InChI=1S/C22H17BrFN3OS/c1-13-11-15(14(2)27(13)19-9-3-16(23)4-10-19)12-20-21(28)26-22(29-20)25-18-7-5-17(24)6-8-18/h3-12H,1-2H3,(H,25,26,28)/b20-12-. The van der Waals surface area contributed by atoms with Gasteiger partial charge in [0.25, 0.3) is 5.91 Å². The van der Waals surface area contributed by atoms with E-state index >= 15 is 0 Å². The van der Waals surface area contributed by atoms with Gasteiger partial charge >= 0.3 is 0 Å². The Balaban J connectivity index is 1.63. The number of benzene rings is 2. The Morgan fingerprint density at radius 1 is 1.10 bits per heavy atom. The summed E-state index contributed by atoms with van der Waals surface area (Å²) in [5.41, 5.74) is 4.76. The van der Waals surface area contributed by atoms with E-state index in [0.717, 1.165) is 27.1 Å². The first-order valence-corrected chi connectivity index (χ1v) is 10.5. The number of hydrogen-bond donors (Lipinski definition) is 1. The van der Waals surface area contributed by atoms with Crippen molar-refractivity contribution in [2.45, 2.75) is 13.8 Å². The topological polar surface area (TPSA) is 46.4 Å². The van der Waals surface area contributed by atoms with Crippen molar-refractivity contribution in [2.75, 3.05) is 0 Å². The average molecular weight is 470 g/mol. The highest BCUT2D eigenvalue weighted by molar-refractivity contribution is 9.10. The van der Waals surface area contributed by atoms with Crippen molar-refractivity contribution in [1.29, 1.82) is 0 Å². The first kappa shape index (κ1) is 19.7. The Morgan fingerprint density at radius 3 is 2.48 bits per heavy atom. The van der Waals surface area contributed by atoms with Crippen LogP contribution in [-0.2, 0) is 4.79 Å². The maximum Gasteiger partial charge on any atom is 0.264 e. The lowest BCUT2D eigenvalue weighted by atomic mass is 10.2. The lowest BCUT2D eigenvalue weighted by molar-refractivity contribution is -0.115. The zero-order valence-electron chi connectivity index (χ0n) is 15.7. The number of amidine groups is 1. The molecule has 1 aliphatic heterocycles. The zero-order valence-corrected chi connectivity index (χ0v) is 18.1. The highest BCUT2D eigenvalue weighted by Crippen LogP contribution is 2.30. The van der Waals surface area contributed by atoms with E-state index in [1.807, 2.05) is 44.2 Å². The average Bonchev–Trinajstić information content (AvgIpc) is 3.17. The van der Waals surface area contributed by atoms with Crippen LogP contribution in [-0.4, -0.2) is 15.6 Å². The van der Waals surface area contributed by atoms with Crippen molar-refractivity contribution in [1.82, 2.24) is 9.88 Å². The van der Waals surface area contributed by atoms with Crippen molar-refractivity contribution in [3.05, 3.63) is 86.7 Å².